The number of nitrogens with zero attached hydrogens (tertiary/aromatic N) is 3. The van der Waals surface area contributed by atoms with Gasteiger partial charge in [0.05, 0.1) is 18.2 Å². The Morgan fingerprint density at radius 3 is 2.96 bits per heavy atom. The molecule has 0 radical (unpaired) electrons. The van der Waals surface area contributed by atoms with Crippen molar-refractivity contribution in [1.29, 1.82) is 0 Å². The predicted octanol–water partition coefficient (Wildman–Crippen LogP) is -0.0710. The van der Waals surface area contributed by atoms with Crippen molar-refractivity contribution in [2.75, 3.05) is 31.5 Å². The molecule has 3 N–H and O–H groups in total. The maximum absolute atomic E-state index is 12.6. The van der Waals surface area contributed by atoms with Gasteiger partial charge in [-0.25, -0.2) is 4.98 Å². The first-order chi connectivity index (χ1) is 13.5. The minimum absolute atomic E-state index is 0.00438. The molecule has 150 valence electrons. The fourth-order valence-electron chi connectivity index (χ4n) is 4.15. The number of likely N-dealkylation sites (tertiary alicyclic amines) is 2. The summed E-state index contributed by atoms with van der Waals surface area (Å²) in [7, 11) is 0. The average molecular weight is 387 g/mol. The number of piperidine rings is 1. The molecule has 3 aliphatic heterocycles. The number of aliphatic hydroxyl groups is 1. The number of anilines is 1. The Morgan fingerprint density at radius 2 is 2.14 bits per heavy atom. The highest BCUT2D eigenvalue weighted by Crippen LogP contribution is 2.30. The van der Waals surface area contributed by atoms with E-state index in [0.29, 0.717) is 50.3 Å². The Balaban J connectivity index is 1.43. The van der Waals surface area contributed by atoms with Crippen LogP contribution in [0.15, 0.2) is 18.3 Å². The maximum Gasteiger partial charge on any atom is 0.256 e. The van der Waals surface area contributed by atoms with Gasteiger partial charge in [-0.15, -0.1) is 0 Å². The van der Waals surface area contributed by atoms with Gasteiger partial charge in [-0.2, -0.15) is 0 Å². The van der Waals surface area contributed by atoms with Gasteiger partial charge in [-0.1, -0.05) is 0 Å². The van der Waals surface area contributed by atoms with Crippen molar-refractivity contribution in [3.63, 3.8) is 0 Å². The summed E-state index contributed by atoms with van der Waals surface area (Å²) in [5.41, 5.74) is -0.257. The summed E-state index contributed by atoms with van der Waals surface area (Å²) in [6, 6.07) is 3.41. The SMILES string of the molecule is O=C1NC2(CCC(=O)N(CC(=O)N3CCCC(O)C3)CC2)Nc2ncccc21. The van der Waals surface area contributed by atoms with Crippen molar-refractivity contribution >= 4 is 23.5 Å². The number of hydrogen-bond donors (Lipinski definition) is 3. The topological polar surface area (TPSA) is 115 Å². The Kier molecular flexibility index (Phi) is 4.92. The summed E-state index contributed by atoms with van der Waals surface area (Å²) >= 11 is 0. The third-order valence-corrected chi connectivity index (χ3v) is 5.77. The van der Waals surface area contributed by atoms with Crippen LogP contribution in [0.1, 0.15) is 42.5 Å². The van der Waals surface area contributed by atoms with E-state index in [1.165, 1.54) is 0 Å². The van der Waals surface area contributed by atoms with Gasteiger partial charge >= 0.3 is 0 Å². The standard InChI is InChI=1S/C19H25N5O4/c25-13-3-2-9-23(11-13)16(27)12-24-10-7-19(6-5-15(24)26)21-17-14(18(28)22-19)4-1-8-20-17/h1,4,8,13,25H,2-3,5-7,9-12H2,(H,20,21)(H,22,28). The van der Waals surface area contributed by atoms with E-state index >= 15 is 0 Å². The van der Waals surface area contributed by atoms with Crippen LogP contribution in [0, 0.1) is 0 Å². The van der Waals surface area contributed by atoms with Crippen molar-refractivity contribution in [2.24, 2.45) is 0 Å². The molecule has 2 saturated heterocycles. The molecule has 2 unspecified atom stereocenters. The normalized spacial score (nSPS) is 27.7. The molecule has 0 aromatic carbocycles. The Hall–Kier alpha value is -2.68. The maximum atomic E-state index is 12.6. The van der Waals surface area contributed by atoms with E-state index in [9.17, 15) is 19.5 Å². The van der Waals surface area contributed by atoms with E-state index in [4.69, 9.17) is 0 Å². The molecule has 1 aromatic heterocycles. The summed E-state index contributed by atoms with van der Waals surface area (Å²) in [5.74, 6) is 0.0630. The van der Waals surface area contributed by atoms with E-state index in [0.717, 1.165) is 6.42 Å². The van der Waals surface area contributed by atoms with Crippen molar-refractivity contribution in [1.82, 2.24) is 20.1 Å². The number of fused-ring (bicyclic) bond motifs is 1. The number of hydrogen-bond acceptors (Lipinski definition) is 6. The minimum Gasteiger partial charge on any atom is -0.391 e. The average Bonchev–Trinajstić information content (AvgIpc) is 2.82. The highest BCUT2D eigenvalue weighted by Gasteiger charge is 2.41. The zero-order valence-corrected chi connectivity index (χ0v) is 15.7. The van der Waals surface area contributed by atoms with Crippen molar-refractivity contribution < 1.29 is 19.5 Å². The third-order valence-electron chi connectivity index (χ3n) is 5.77. The number of rotatable bonds is 2. The molecule has 2 fully saturated rings. The van der Waals surface area contributed by atoms with Crippen LogP contribution in [-0.2, 0) is 9.59 Å². The van der Waals surface area contributed by atoms with Gasteiger partial charge in [0.1, 0.15) is 11.5 Å². The highest BCUT2D eigenvalue weighted by molar-refractivity contribution is 6.01. The van der Waals surface area contributed by atoms with Gasteiger partial charge in [-0.05, 0) is 31.4 Å². The van der Waals surface area contributed by atoms with E-state index in [1.807, 2.05) is 0 Å². The van der Waals surface area contributed by atoms with E-state index in [1.54, 1.807) is 28.1 Å². The summed E-state index contributed by atoms with van der Waals surface area (Å²) in [5, 5.41) is 16.1. The zero-order chi connectivity index (χ0) is 19.7. The number of aromatic nitrogens is 1. The van der Waals surface area contributed by atoms with E-state index < -0.39 is 11.8 Å². The summed E-state index contributed by atoms with van der Waals surface area (Å²) < 4.78 is 0. The van der Waals surface area contributed by atoms with Crippen LogP contribution in [0.25, 0.3) is 0 Å². The molecule has 2 atom stereocenters. The highest BCUT2D eigenvalue weighted by atomic mass is 16.3. The van der Waals surface area contributed by atoms with Crippen LogP contribution in [0.5, 0.6) is 0 Å². The molecule has 0 bridgehead atoms. The van der Waals surface area contributed by atoms with Crippen molar-refractivity contribution in [3.8, 4) is 0 Å². The molecule has 4 heterocycles. The van der Waals surface area contributed by atoms with Crippen LogP contribution in [0.2, 0.25) is 0 Å². The van der Waals surface area contributed by atoms with Gasteiger partial charge in [-0.3, -0.25) is 14.4 Å². The molecule has 3 amide bonds. The first-order valence-electron chi connectivity index (χ1n) is 9.75. The molecular formula is C19H25N5O4. The number of β-amino-alcohol motifs (C(OH)–C–C–N with tert-alkyl or cyclic N) is 1. The minimum atomic E-state index is -0.743. The smallest absolute Gasteiger partial charge is 0.256 e. The fraction of sp³-hybridized carbons (Fsp3) is 0.579. The van der Waals surface area contributed by atoms with Gasteiger partial charge in [0.2, 0.25) is 11.8 Å². The number of nitrogens with one attached hydrogen (secondary N) is 2. The first kappa shape index (κ1) is 18.7. The molecule has 9 nitrogen and oxygen atoms in total. The quantitative estimate of drug-likeness (QED) is 0.654. The molecule has 3 aliphatic rings. The molecule has 1 aromatic rings. The second kappa shape index (κ2) is 7.38. The van der Waals surface area contributed by atoms with E-state index in [2.05, 4.69) is 15.6 Å². The van der Waals surface area contributed by atoms with Crippen LogP contribution >= 0.6 is 0 Å². The number of amides is 3. The molecule has 0 aliphatic carbocycles. The van der Waals surface area contributed by atoms with Gasteiger partial charge in [0.15, 0.2) is 0 Å². The van der Waals surface area contributed by atoms with E-state index in [-0.39, 0.29) is 30.7 Å². The third kappa shape index (κ3) is 3.66. The largest absolute Gasteiger partial charge is 0.391 e. The molecule has 1 spiro atoms. The van der Waals surface area contributed by atoms with Crippen LogP contribution in [0.3, 0.4) is 0 Å². The Labute approximate surface area is 163 Å². The molecule has 0 saturated carbocycles. The summed E-state index contributed by atoms with van der Waals surface area (Å²) in [6.07, 6.45) is 3.75. The van der Waals surface area contributed by atoms with Gasteiger partial charge in [0, 0.05) is 38.7 Å². The predicted molar refractivity (Wildman–Crippen MR) is 100 cm³/mol. The fourth-order valence-corrected chi connectivity index (χ4v) is 4.15. The second-order valence-electron chi connectivity index (χ2n) is 7.76. The summed E-state index contributed by atoms with van der Waals surface area (Å²) in [4.78, 5) is 45.1. The van der Waals surface area contributed by atoms with Crippen LogP contribution in [0.4, 0.5) is 5.82 Å². The van der Waals surface area contributed by atoms with Gasteiger partial charge in [0.25, 0.3) is 5.91 Å². The molecule has 28 heavy (non-hydrogen) atoms. The first-order valence-corrected chi connectivity index (χ1v) is 9.75. The molecule has 4 rings (SSSR count). The summed E-state index contributed by atoms with van der Waals surface area (Å²) in [6.45, 7) is 1.30. The lowest BCUT2D eigenvalue weighted by Gasteiger charge is -2.39. The molecule has 9 heteroatoms. The van der Waals surface area contributed by atoms with Crippen molar-refractivity contribution in [3.05, 3.63) is 23.9 Å². The lowest BCUT2D eigenvalue weighted by molar-refractivity contribution is -0.141. The lowest BCUT2D eigenvalue weighted by Crippen LogP contribution is -2.58. The number of carbonyl (C=O) groups excluding carboxylic acids is 3. The monoisotopic (exact) mass is 387 g/mol. The molecular weight excluding hydrogens is 362 g/mol. The number of carbonyl (C=O) groups is 3. The zero-order valence-electron chi connectivity index (χ0n) is 15.7. The number of aliphatic hydroxyl groups excluding tert-OH is 1. The Morgan fingerprint density at radius 1 is 1.29 bits per heavy atom. The lowest BCUT2D eigenvalue weighted by atomic mass is 9.97. The number of pyridine rings is 1. The van der Waals surface area contributed by atoms with Crippen LogP contribution < -0.4 is 10.6 Å². The second-order valence-corrected chi connectivity index (χ2v) is 7.76. The Bertz CT molecular complexity index is 800. The van der Waals surface area contributed by atoms with Gasteiger partial charge < -0.3 is 25.5 Å². The van der Waals surface area contributed by atoms with Crippen LogP contribution in [-0.4, -0.2) is 75.6 Å². The van der Waals surface area contributed by atoms with Crippen molar-refractivity contribution in [2.45, 2.75) is 43.9 Å².